The van der Waals surface area contributed by atoms with Crippen LogP contribution in [0.5, 0.6) is 0 Å². The van der Waals surface area contributed by atoms with Crippen molar-refractivity contribution >= 4 is 52.2 Å². The summed E-state index contributed by atoms with van der Waals surface area (Å²) in [4.78, 5) is 24.0. The number of allylic oxidation sites excluding steroid dienone is 1. The number of carbonyl (C=O) groups is 1. The fraction of sp³-hybridized carbons (Fsp3) is 0.0833. The van der Waals surface area contributed by atoms with Crippen LogP contribution in [0.4, 0.5) is 11.5 Å². The molecule has 0 aliphatic rings. The maximum absolute atomic E-state index is 11.9. The minimum atomic E-state index is -0.198. The van der Waals surface area contributed by atoms with E-state index < -0.39 is 0 Å². The highest BCUT2D eigenvalue weighted by Gasteiger charge is 2.13. The number of hydrazone groups is 1. The molecule has 0 saturated heterocycles. The Morgan fingerprint density at radius 3 is 2.70 bits per heavy atom. The Balaban J connectivity index is 1.59. The standard InChI is InChI=1S/C24H22ClN7O/c1-14(13-29-27-3)15-4-6-17(7-5-15)30-22-8-9-28-23(32-22)18-12-20-16(10-19(18)25)11-21(31-20)24(33)26-2/h4-13,29,31H,3H2,1-2H3,(H,26,33)(H,28,30,32)/b14-13+. The predicted octanol–water partition coefficient (Wildman–Crippen LogP) is 4.95. The zero-order chi connectivity index (χ0) is 23.4. The van der Waals surface area contributed by atoms with Gasteiger partial charge in [0.05, 0.1) is 5.02 Å². The molecule has 166 valence electrons. The van der Waals surface area contributed by atoms with Gasteiger partial charge >= 0.3 is 0 Å². The number of hydrogen-bond acceptors (Lipinski definition) is 6. The fourth-order valence-electron chi connectivity index (χ4n) is 3.33. The maximum Gasteiger partial charge on any atom is 0.267 e. The molecule has 0 bridgehead atoms. The van der Waals surface area contributed by atoms with E-state index in [1.165, 1.54) is 0 Å². The second kappa shape index (κ2) is 9.54. The van der Waals surface area contributed by atoms with Crippen LogP contribution < -0.4 is 16.1 Å². The monoisotopic (exact) mass is 459 g/mol. The molecular formula is C24H22ClN7O. The van der Waals surface area contributed by atoms with Gasteiger partial charge in [0.25, 0.3) is 5.91 Å². The molecule has 4 rings (SSSR count). The number of fused-ring (bicyclic) bond motifs is 1. The molecule has 0 radical (unpaired) electrons. The largest absolute Gasteiger partial charge is 0.354 e. The average molecular weight is 460 g/mol. The molecule has 0 fully saturated rings. The number of nitrogens with zero attached hydrogens (tertiary/aromatic N) is 3. The highest BCUT2D eigenvalue weighted by atomic mass is 35.5. The third kappa shape index (κ3) is 4.86. The van der Waals surface area contributed by atoms with Crippen molar-refractivity contribution in [1.82, 2.24) is 25.7 Å². The zero-order valence-corrected chi connectivity index (χ0v) is 18.9. The lowest BCUT2D eigenvalue weighted by molar-refractivity contribution is 0.0959. The summed E-state index contributed by atoms with van der Waals surface area (Å²) in [5, 5.41) is 10.8. The lowest BCUT2D eigenvalue weighted by Crippen LogP contribution is -2.17. The van der Waals surface area contributed by atoms with E-state index in [0.29, 0.717) is 27.9 Å². The van der Waals surface area contributed by atoms with Gasteiger partial charge in [-0.2, -0.15) is 5.10 Å². The van der Waals surface area contributed by atoms with Crippen LogP contribution in [0.2, 0.25) is 5.02 Å². The number of benzene rings is 2. The van der Waals surface area contributed by atoms with Crippen molar-refractivity contribution in [3.63, 3.8) is 0 Å². The molecule has 33 heavy (non-hydrogen) atoms. The summed E-state index contributed by atoms with van der Waals surface area (Å²) in [6.07, 6.45) is 3.46. The minimum absolute atomic E-state index is 0.198. The predicted molar refractivity (Wildman–Crippen MR) is 134 cm³/mol. The van der Waals surface area contributed by atoms with Crippen LogP contribution in [0.1, 0.15) is 23.0 Å². The van der Waals surface area contributed by atoms with Crippen LogP contribution in [-0.2, 0) is 0 Å². The van der Waals surface area contributed by atoms with Crippen LogP contribution in [0.15, 0.2) is 66.0 Å². The first-order valence-electron chi connectivity index (χ1n) is 10.1. The van der Waals surface area contributed by atoms with Crippen LogP contribution in [0.3, 0.4) is 0 Å². The summed E-state index contributed by atoms with van der Waals surface area (Å²) >= 11 is 6.52. The molecule has 0 saturated carbocycles. The van der Waals surface area contributed by atoms with Gasteiger partial charge in [-0.25, -0.2) is 9.97 Å². The van der Waals surface area contributed by atoms with E-state index in [4.69, 9.17) is 11.6 Å². The van der Waals surface area contributed by atoms with E-state index in [1.54, 1.807) is 37.6 Å². The smallest absolute Gasteiger partial charge is 0.267 e. The Labute approximate surface area is 195 Å². The van der Waals surface area contributed by atoms with Gasteiger partial charge in [-0.05, 0) is 54.5 Å². The molecule has 2 heterocycles. The highest BCUT2D eigenvalue weighted by Crippen LogP contribution is 2.31. The molecular weight excluding hydrogens is 438 g/mol. The number of aromatic nitrogens is 3. The van der Waals surface area contributed by atoms with Gasteiger partial charge in [0.1, 0.15) is 11.5 Å². The normalized spacial score (nSPS) is 11.3. The Kier molecular flexibility index (Phi) is 6.37. The van der Waals surface area contributed by atoms with Gasteiger partial charge in [-0.1, -0.05) is 23.7 Å². The lowest BCUT2D eigenvalue weighted by Gasteiger charge is -2.09. The van der Waals surface area contributed by atoms with Crippen molar-refractivity contribution in [2.75, 3.05) is 12.4 Å². The van der Waals surface area contributed by atoms with Crippen molar-refractivity contribution in [2.45, 2.75) is 6.92 Å². The number of halogens is 1. The van der Waals surface area contributed by atoms with Gasteiger partial charge in [0.15, 0.2) is 5.82 Å². The van der Waals surface area contributed by atoms with E-state index in [2.05, 4.69) is 42.8 Å². The second-order valence-corrected chi connectivity index (χ2v) is 7.67. The third-order valence-corrected chi connectivity index (χ3v) is 5.37. The molecule has 0 aliphatic heterocycles. The Bertz CT molecular complexity index is 1360. The van der Waals surface area contributed by atoms with E-state index in [1.807, 2.05) is 37.3 Å². The summed E-state index contributed by atoms with van der Waals surface area (Å²) in [5.74, 6) is 0.907. The summed E-state index contributed by atoms with van der Waals surface area (Å²) in [7, 11) is 1.58. The van der Waals surface area contributed by atoms with Crippen molar-refractivity contribution in [3.05, 3.63) is 77.2 Å². The molecule has 2 aromatic carbocycles. The number of hydrogen-bond donors (Lipinski definition) is 4. The molecule has 2 aromatic heterocycles. The number of anilines is 2. The van der Waals surface area contributed by atoms with Crippen LogP contribution in [-0.4, -0.2) is 34.6 Å². The summed E-state index contributed by atoms with van der Waals surface area (Å²) in [5.41, 5.74) is 7.61. The van der Waals surface area contributed by atoms with Gasteiger partial charge < -0.3 is 15.6 Å². The van der Waals surface area contributed by atoms with Crippen molar-refractivity contribution in [2.24, 2.45) is 5.10 Å². The molecule has 4 aromatic rings. The summed E-state index contributed by atoms with van der Waals surface area (Å²) < 4.78 is 0. The molecule has 9 heteroatoms. The number of nitrogens with one attached hydrogen (secondary N) is 4. The number of amides is 1. The fourth-order valence-corrected chi connectivity index (χ4v) is 3.59. The molecule has 0 atom stereocenters. The summed E-state index contributed by atoms with van der Waals surface area (Å²) in [6.45, 7) is 5.38. The number of carbonyl (C=O) groups excluding carboxylic acids is 1. The van der Waals surface area contributed by atoms with Gasteiger partial charge in [-0.3, -0.25) is 10.2 Å². The van der Waals surface area contributed by atoms with Gasteiger partial charge in [0.2, 0.25) is 0 Å². The first-order valence-corrected chi connectivity index (χ1v) is 10.5. The number of H-pyrrole nitrogens is 1. The Hall–Kier alpha value is -4.17. The van der Waals surface area contributed by atoms with Crippen LogP contribution in [0.25, 0.3) is 27.9 Å². The van der Waals surface area contributed by atoms with Crippen LogP contribution in [0, 0.1) is 0 Å². The molecule has 0 unspecified atom stereocenters. The quantitative estimate of drug-likeness (QED) is 0.231. The molecule has 0 aliphatic carbocycles. The van der Waals surface area contributed by atoms with E-state index in [9.17, 15) is 4.79 Å². The molecule has 0 spiro atoms. The second-order valence-electron chi connectivity index (χ2n) is 7.26. The van der Waals surface area contributed by atoms with Gasteiger partial charge in [-0.15, -0.1) is 0 Å². The Morgan fingerprint density at radius 2 is 1.97 bits per heavy atom. The first kappa shape index (κ1) is 22.0. The maximum atomic E-state index is 11.9. The van der Waals surface area contributed by atoms with Crippen molar-refractivity contribution in [1.29, 1.82) is 0 Å². The van der Waals surface area contributed by atoms with Crippen LogP contribution >= 0.6 is 11.6 Å². The Morgan fingerprint density at radius 1 is 1.18 bits per heavy atom. The SMILES string of the molecule is C=NN/C=C(\C)c1ccc(Nc2ccnc(-c3cc4[nH]c(C(=O)NC)cc4cc3Cl)n2)cc1. The first-order chi connectivity index (χ1) is 16.0. The number of aromatic amines is 1. The van der Waals surface area contributed by atoms with E-state index in [0.717, 1.165) is 27.7 Å². The minimum Gasteiger partial charge on any atom is -0.354 e. The van der Waals surface area contributed by atoms with E-state index >= 15 is 0 Å². The zero-order valence-electron chi connectivity index (χ0n) is 18.1. The van der Waals surface area contributed by atoms with E-state index in [-0.39, 0.29) is 5.91 Å². The lowest BCUT2D eigenvalue weighted by atomic mass is 10.1. The van der Waals surface area contributed by atoms with Crippen molar-refractivity contribution < 1.29 is 4.79 Å². The summed E-state index contributed by atoms with van der Waals surface area (Å²) in [6, 6.07) is 15.1. The van der Waals surface area contributed by atoms with Gasteiger partial charge in [0, 0.05) is 48.3 Å². The highest BCUT2D eigenvalue weighted by molar-refractivity contribution is 6.34. The number of rotatable bonds is 7. The van der Waals surface area contributed by atoms with Crippen molar-refractivity contribution in [3.8, 4) is 11.4 Å². The molecule has 1 amide bonds. The average Bonchev–Trinajstić information content (AvgIpc) is 3.25. The molecule has 8 nitrogen and oxygen atoms in total. The topological polar surface area (TPSA) is 107 Å². The third-order valence-electron chi connectivity index (χ3n) is 5.06. The molecule has 4 N–H and O–H groups in total.